The lowest BCUT2D eigenvalue weighted by Gasteiger charge is -2.13. The van der Waals surface area contributed by atoms with Crippen LogP contribution in [0.3, 0.4) is 0 Å². The first-order chi connectivity index (χ1) is 10.6. The molecule has 2 aromatic rings. The quantitative estimate of drug-likeness (QED) is 0.723. The molecule has 2 rings (SSSR count). The third-order valence-electron chi connectivity index (χ3n) is 3.50. The van der Waals surface area contributed by atoms with Gasteiger partial charge in [-0.15, -0.1) is 0 Å². The highest BCUT2D eigenvalue weighted by Crippen LogP contribution is 2.29. The number of nitrogens with one attached hydrogen (secondary N) is 1. The summed E-state index contributed by atoms with van der Waals surface area (Å²) in [5.74, 6) is -1.28. The number of rotatable bonds is 7. The number of unbranched alkanes of at least 4 members (excludes halogenated alkanes) is 2. The van der Waals surface area contributed by atoms with Crippen LogP contribution in [0.15, 0.2) is 42.5 Å². The summed E-state index contributed by atoms with van der Waals surface area (Å²) < 4.78 is 13.4. The van der Waals surface area contributed by atoms with Gasteiger partial charge in [0.1, 0.15) is 5.82 Å². The highest BCUT2D eigenvalue weighted by atomic mass is 19.1. The summed E-state index contributed by atoms with van der Waals surface area (Å²) >= 11 is 0. The molecule has 4 heteroatoms. The Labute approximate surface area is 129 Å². The van der Waals surface area contributed by atoms with Crippen molar-refractivity contribution in [3.63, 3.8) is 0 Å². The van der Waals surface area contributed by atoms with Crippen molar-refractivity contribution in [1.29, 1.82) is 0 Å². The van der Waals surface area contributed by atoms with Gasteiger partial charge < -0.3 is 10.4 Å². The van der Waals surface area contributed by atoms with Gasteiger partial charge in [-0.1, -0.05) is 38.0 Å². The molecule has 0 atom stereocenters. The minimum Gasteiger partial charge on any atom is -0.478 e. The Morgan fingerprint density at radius 1 is 1.18 bits per heavy atom. The average molecular weight is 301 g/mol. The third kappa shape index (κ3) is 4.07. The van der Waals surface area contributed by atoms with Crippen LogP contribution in [-0.4, -0.2) is 17.6 Å². The van der Waals surface area contributed by atoms with Crippen LogP contribution in [0.5, 0.6) is 0 Å². The summed E-state index contributed by atoms with van der Waals surface area (Å²) in [5, 5.41) is 12.4. The van der Waals surface area contributed by atoms with E-state index in [0.717, 1.165) is 42.6 Å². The number of anilines is 1. The summed E-state index contributed by atoms with van der Waals surface area (Å²) in [6, 6.07) is 11.2. The van der Waals surface area contributed by atoms with Crippen LogP contribution < -0.4 is 5.32 Å². The maximum atomic E-state index is 13.4. The second kappa shape index (κ2) is 7.59. The number of carbonyl (C=O) groups is 1. The van der Waals surface area contributed by atoms with Crippen LogP contribution in [0, 0.1) is 5.82 Å². The zero-order chi connectivity index (χ0) is 15.9. The van der Waals surface area contributed by atoms with Gasteiger partial charge in [0, 0.05) is 17.8 Å². The smallest absolute Gasteiger partial charge is 0.335 e. The van der Waals surface area contributed by atoms with Crippen molar-refractivity contribution < 1.29 is 14.3 Å². The number of halogens is 1. The van der Waals surface area contributed by atoms with Crippen LogP contribution in [0.1, 0.15) is 36.5 Å². The van der Waals surface area contributed by atoms with Crippen molar-refractivity contribution in [3.05, 3.63) is 53.8 Å². The molecule has 0 heterocycles. The lowest BCUT2D eigenvalue weighted by Crippen LogP contribution is -2.05. The molecule has 0 aliphatic heterocycles. The SMILES string of the molecule is CCCCCNc1cc(C(=O)O)ccc1-c1cccc(F)c1. The van der Waals surface area contributed by atoms with Crippen molar-refractivity contribution in [1.82, 2.24) is 0 Å². The van der Waals surface area contributed by atoms with E-state index in [1.165, 1.54) is 12.1 Å². The summed E-state index contributed by atoms with van der Waals surface area (Å²) in [5.41, 5.74) is 2.48. The van der Waals surface area contributed by atoms with E-state index in [2.05, 4.69) is 12.2 Å². The number of benzene rings is 2. The number of aromatic carboxylic acids is 1. The largest absolute Gasteiger partial charge is 0.478 e. The van der Waals surface area contributed by atoms with E-state index in [9.17, 15) is 9.18 Å². The van der Waals surface area contributed by atoms with E-state index in [1.54, 1.807) is 24.3 Å². The maximum absolute atomic E-state index is 13.4. The van der Waals surface area contributed by atoms with Crippen LogP contribution in [0.2, 0.25) is 0 Å². The van der Waals surface area contributed by atoms with Crippen LogP contribution in [0.4, 0.5) is 10.1 Å². The average Bonchev–Trinajstić information content (AvgIpc) is 2.51. The van der Waals surface area contributed by atoms with Gasteiger partial charge in [-0.3, -0.25) is 0 Å². The Kier molecular flexibility index (Phi) is 5.53. The first kappa shape index (κ1) is 16.0. The molecule has 2 N–H and O–H groups in total. The van der Waals surface area contributed by atoms with Crippen LogP contribution in [0.25, 0.3) is 11.1 Å². The van der Waals surface area contributed by atoms with Gasteiger partial charge in [0.15, 0.2) is 0 Å². The molecule has 0 spiro atoms. The number of hydrogen-bond acceptors (Lipinski definition) is 2. The zero-order valence-electron chi connectivity index (χ0n) is 12.6. The lowest BCUT2D eigenvalue weighted by molar-refractivity contribution is 0.0697. The monoisotopic (exact) mass is 301 g/mol. The molecular weight excluding hydrogens is 281 g/mol. The molecule has 3 nitrogen and oxygen atoms in total. The minimum absolute atomic E-state index is 0.221. The lowest BCUT2D eigenvalue weighted by atomic mass is 10.0. The minimum atomic E-state index is -0.970. The molecule has 0 radical (unpaired) electrons. The van der Waals surface area contributed by atoms with Gasteiger partial charge >= 0.3 is 5.97 Å². The molecule has 0 fully saturated rings. The summed E-state index contributed by atoms with van der Waals surface area (Å²) in [7, 11) is 0. The fraction of sp³-hybridized carbons (Fsp3) is 0.278. The summed E-state index contributed by atoms with van der Waals surface area (Å²) in [6.45, 7) is 2.89. The van der Waals surface area contributed by atoms with Gasteiger partial charge in [-0.2, -0.15) is 0 Å². The molecule has 22 heavy (non-hydrogen) atoms. The van der Waals surface area contributed by atoms with Crippen molar-refractivity contribution in [2.45, 2.75) is 26.2 Å². The van der Waals surface area contributed by atoms with Crippen molar-refractivity contribution in [2.24, 2.45) is 0 Å². The summed E-state index contributed by atoms with van der Waals surface area (Å²) in [4.78, 5) is 11.1. The van der Waals surface area contributed by atoms with Gasteiger partial charge in [0.05, 0.1) is 5.56 Å². The Hall–Kier alpha value is -2.36. The zero-order valence-corrected chi connectivity index (χ0v) is 12.6. The molecule has 0 bridgehead atoms. The molecule has 0 aliphatic carbocycles. The normalized spacial score (nSPS) is 10.5. The predicted octanol–water partition coefficient (Wildman–Crippen LogP) is 4.79. The second-order valence-electron chi connectivity index (χ2n) is 5.21. The standard InChI is InChI=1S/C18H20FNO2/c1-2-3-4-10-20-17-12-14(18(21)22)8-9-16(17)13-6-5-7-15(19)11-13/h5-9,11-12,20H,2-4,10H2,1H3,(H,21,22). The molecule has 0 amide bonds. The second-order valence-corrected chi connectivity index (χ2v) is 5.21. The van der Waals surface area contributed by atoms with E-state index in [1.807, 2.05) is 6.07 Å². The first-order valence-electron chi connectivity index (χ1n) is 7.49. The fourth-order valence-electron chi connectivity index (χ4n) is 2.33. The summed E-state index contributed by atoms with van der Waals surface area (Å²) in [6.07, 6.45) is 3.24. The van der Waals surface area contributed by atoms with Gasteiger partial charge in [-0.05, 0) is 36.2 Å². The molecule has 0 saturated carbocycles. The molecule has 0 saturated heterocycles. The number of carboxylic acid groups (broad SMARTS) is 1. The van der Waals surface area contributed by atoms with E-state index in [0.29, 0.717) is 0 Å². The van der Waals surface area contributed by atoms with E-state index in [4.69, 9.17) is 5.11 Å². The molecular formula is C18H20FNO2. The van der Waals surface area contributed by atoms with Crippen molar-refractivity contribution in [3.8, 4) is 11.1 Å². The highest BCUT2D eigenvalue weighted by Gasteiger charge is 2.10. The van der Waals surface area contributed by atoms with E-state index >= 15 is 0 Å². The van der Waals surface area contributed by atoms with Crippen molar-refractivity contribution in [2.75, 3.05) is 11.9 Å². The van der Waals surface area contributed by atoms with E-state index < -0.39 is 5.97 Å². The topological polar surface area (TPSA) is 49.3 Å². The Balaban J connectivity index is 2.32. The Morgan fingerprint density at radius 2 is 2.00 bits per heavy atom. The number of hydrogen-bond donors (Lipinski definition) is 2. The molecule has 0 aromatic heterocycles. The van der Waals surface area contributed by atoms with Crippen LogP contribution in [-0.2, 0) is 0 Å². The first-order valence-corrected chi connectivity index (χ1v) is 7.49. The molecule has 116 valence electrons. The fourth-order valence-corrected chi connectivity index (χ4v) is 2.33. The Morgan fingerprint density at radius 3 is 2.68 bits per heavy atom. The van der Waals surface area contributed by atoms with Crippen LogP contribution >= 0.6 is 0 Å². The molecule has 0 unspecified atom stereocenters. The predicted molar refractivity (Wildman–Crippen MR) is 86.8 cm³/mol. The van der Waals surface area contributed by atoms with Gasteiger partial charge in [0.2, 0.25) is 0 Å². The highest BCUT2D eigenvalue weighted by molar-refractivity contribution is 5.91. The van der Waals surface area contributed by atoms with Gasteiger partial charge in [0.25, 0.3) is 0 Å². The molecule has 0 aliphatic rings. The third-order valence-corrected chi connectivity index (χ3v) is 3.50. The number of carboxylic acids is 1. The maximum Gasteiger partial charge on any atom is 0.335 e. The molecule has 2 aromatic carbocycles. The van der Waals surface area contributed by atoms with E-state index in [-0.39, 0.29) is 11.4 Å². The van der Waals surface area contributed by atoms with Gasteiger partial charge in [-0.25, -0.2) is 9.18 Å². The van der Waals surface area contributed by atoms with Crippen molar-refractivity contribution >= 4 is 11.7 Å². The Bertz CT molecular complexity index is 655.